The number of amides is 2. The summed E-state index contributed by atoms with van der Waals surface area (Å²) in [5.74, 6) is -0.839. The summed E-state index contributed by atoms with van der Waals surface area (Å²) in [4.78, 5) is 33.2. The average Bonchev–Trinajstić information content (AvgIpc) is 2.97. The van der Waals surface area contributed by atoms with Gasteiger partial charge in [-0.1, -0.05) is 6.92 Å². The molecule has 0 fully saturated rings. The van der Waals surface area contributed by atoms with E-state index in [-0.39, 0.29) is 24.0 Å². The van der Waals surface area contributed by atoms with Crippen LogP contribution in [0.1, 0.15) is 13.8 Å². The monoisotopic (exact) mass is 331 g/mol. The number of benzene rings is 1. The number of carbonyl (C=O) groups is 2. The van der Waals surface area contributed by atoms with Crippen molar-refractivity contribution >= 4 is 28.9 Å². The van der Waals surface area contributed by atoms with Crippen LogP contribution >= 0.6 is 0 Å². The van der Waals surface area contributed by atoms with Crippen LogP contribution in [0.15, 0.2) is 36.7 Å². The van der Waals surface area contributed by atoms with Gasteiger partial charge in [-0.2, -0.15) is 5.10 Å². The lowest BCUT2D eigenvalue weighted by Crippen LogP contribution is -2.24. The Hall–Kier alpha value is -3.23. The van der Waals surface area contributed by atoms with E-state index in [0.29, 0.717) is 11.4 Å². The van der Waals surface area contributed by atoms with E-state index >= 15 is 0 Å². The van der Waals surface area contributed by atoms with Gasteiger partial charge in [0.15, 0.2) is 0 Å². The zero-order valence-electron chi connectivity index (χ0n) is 13.2. The Bertz CT molecular complexity index is 753. The molecule has 24 heavy (non-hydrogen) atoms. The molecule has 0 aliphatic rings. The fourth-order valence-corrected chi connectivity index (χ4v) is 2.02. The average molecular weight is 331 g/mol. The van der Waals surface area contributed by atoms with Crippen molar-refractivity contribution in [3.8, 4) is 0 Å². The van der Waals surface area contributed by atoms with Crippen LogP contribution in [0.3, 0.4) is 0 Å². The van der Waals surface area contributed by atoms with Crippen LogP contribution in [0.25, 0.3) is 0 Å². The number of rotatable bonds is 6. The zero-order chi connectivity index (χ0) is 17.7. The van der Waals surface area contributed by atoms with Crippen molar-refractivity contribution in [2.24, 2.45) is 5.92 Å². The van der Waals surface area contributed by atoms with Gasteiger partial charge in [0.2, 0.25) is 11.8 Å². The van der Waals surface area contributed by atoms with E-state index in [1.807, 2.05) is 0 Å². The molecule has 2 aromatic rings. The summed E-state index contributed by atoms with van der Waals surface area (Å²) in [6.45, 7) is 3.34. The van der Waals surface area contributed by atoms with Crippen molar-refractivity contribution in [3.63, 3.8) is 0 Å². The maximum Gasteiger partial charge on any atom is 0.306 e. The van der Waals surface area contributed by atoms with E-state index in [1.165, 1.54) is 17.8 Å². The van der Waals surface area contributed by atoms with Crippen LogP contribution < -0.4 is 10.6 Å². The summed E-state index contributed by atoms with van der Waals surface area (Å²) < 4.78 is 1.36. The van der Waals surface area contributed by atoms with E-state index < -0.39 is 10.8 Å². The number of nitrogens with zero attached hydrogens (tertiary/aromatic N) is 3. The zero-order valence-corrected chi connectivity index (χ0v) is 13.2. The van der Waals surface area contributed by atoms with Gasteiger partial charge in [0, 0.05) is 18.3 Å². The van der Waals surface area contributed by atoms with Crippen LogP contribution in [-0.2, 0) is 16.1 Å². The van der Waals surface area contributed by atoms with Gasteiger partial charge in [-0.05, 0) is 24.3 Å². The first-order valence-electron chi connectivity index (χ1n) is 7.20. The molecular weight excluding hydrogens is 314 g/mol. The molecule has 2 N–H and O–H groups in total. The minimum Gasteiger partial charge on any atom is -0.326 e. The molecule has 9 nitrogen and oxygen atoms in total. The molecule has 2 amide bonds. The Morgan fingerprint density at radius 2 is 1.83 bits per heavy atom. The first kappa shape index (κ1) is 17.1. The van der Waals surface area contributed by atoms with Crippen molar-refractivity contribution in [2.75, 3.05) is 10.6 Å². The fourth-order valence-electron chi connectivity index (χ4n) is 2.02. The van der Waals surface area contributed by atoms with Gasteiger partial charge in [-0.15, -0.1) is 0 Å². The quantitative estimate of drug-likeness (QED) is 0.620. The van der Waals surface area contributed by atoms with E-state index in [9.17, 15) is 19.7 Å². The minimum absolute atomic E-state index is 0.115. The molecule has 1 aromatic carbocycles. The van der Waals surface area contributed by atoms with Crippen molar-refractivity contribution < 1.29 is 14.5 Å². The third-order valence-corrected chi connectivity index (χ3v) is 3.21. The highest BCUT2D eigenvalue weighted by atomic mass is 16.6. The molecule has 0 saturated carbocycles. The van der Waals surface area contributed by atoms with Gasteiger partial charge in [0.05, 0.1) is 17.4 Å². The molecule has 0 aliphatic heterocycles. The topological polar surface area (TPSA) is 119 Å². The van der Waals surface area contributed by atoms with E-state index in [4.69, 9.17) is 0 Å². The number of nitro groups is 1. The van der Waals surface area contributed by atoms with Crippen molar-refractivity contribution in [2.45, 2.75) is 20.4 Å². The molecule has 1 aromatic heterocycles. The fraction of sp³-hybridized carbons (Fsp3) is 0.267. The summed E-state index contributed by atoms with van der Waals surface area (Å²) in [7, 11) is 0. The van der Waals surface area contributed by atoms with Gasteiger partial charge in [0.1, 0.15) is 12.4 Å². The number of nitrogens with one attached hydrogen (secondary N) is 2. The summed E-state index contributed by atoms with van der Waals surface area (Å²) in [6, 6.07) is 6.71. The van der Waals surface area contributed by atoms with E-state index in [2.05, 4.69) is 15.7 Å². The molecule has 0 bridgehead atoms. The second-order valence-electron chi connectivity index (χ2n) is 5.33. The molecule has 2 rings (SSSR count). The first-order chi connectivity index (χ1) is 11.3. The first-order valence-corrected chi connectivity index (χ1v) is 7.20. The Morgan fingerprint density at radius 1 is 1.25 bits per heavy atom. The highest BCUT2D eigenvalue weighted by Crippen LogP contribution is 2.15. The van der Waals surface area contributed by atoms with Crippen molar-refractivity contribution in [1.29, 1.82) is 0 Å². The molecule has 1 atom stereocenters. The van der Waals surface area contributed by atoms with Crippen molar-refractivity contribution in [3.05, 3.63) is 46.8 Å². The number of hydrogen-bond acceptors (Lipinski definition) is 5. The van der Waals surface area contributed by atoms with Crippen LogP contribution in [0.5, 0.6) is 0 Å². The maximum atomic E-state index is 12.2. The molecule has 126 valence electrons. The molecular formula is C15H17N5O4. The molecule has 0 radical (unpaired) electrons. The van der Waals surface area contributed by atoms with Crippen LogP contribution in [0.4, 0.5) is 17.1 Å². The predicted octanol–water partition coefficient (Wildman–Crippen LogP) is 2.02. The maximum absolute atomic E-state index is 12.2. The summed E-state index contributed by atoms with van der Waals surface area (Å²) in [5, 5.41) is 19.9. The minimum atomic E-state index is -0.537. The lowest BCUT2D eigenvalue weighted by Gasteiger charge is -2.12. The van der Waals surface area contributed by atoms with Crippen LogP contribution in [0, 0.1) is 16.0 Å². The highest BCUT2D eigenvalue weighted by molar-refractivity contribution is 5.93. The number of carbonyl (C=O) groups excluding carboxylic acids is 2. The van der Waals surface area contributed by atoms with Gasteiger partial charge in [-0.3, -0.25) is 24.4 Å². The van der Waals surface area contributed by atoms with Gasteiger partial charge in [0.25, 0.3) is 0 Å². The van der Waals surface area contributed by atoms with E-state index in [1.54, 1.807) is 31.2 Å². The molecule has 1 unspecified atom stereocenters. The Morgan fingerprint density at radius 3 is 2.33 bits per heavy atom. The Kier molecular flexibility index (Phi) is 5.25. The predicted molar refractivity (Wildman–Crippen MR) is 87.4 cm³/mol. The number of aromatic nitrogens is 2. The highest BCUT2D eigenvalue weighted by Gasteiger charge is 2.16. The molecule has 0 saturated heterocycles. The Labute approximate surface area is 137 Å². The second-order valence-corrected chi connectivity index (χ2v) is 5.33. The van der Waals surface area contributed by atoms with Gasteiger partial charge >= 0.3 is 5.69 Å². The molecule has 0 aliphatic carbocycles. The smallest absolute Gasteiger partial charge is 0.306 e. The van der Waals surface area contributed by atoms with Crippen molar-refractivity contribution in [1.82, 2.24) is 9.78 Å². The third-order valence-electron chi connectivity index (χ3n) is 3.21. The van der Waals surface area contributed by atoms with Crippen LogP contribution in [0.2, 0.25) is 0 Å². The Balaban J connectivity index is 1.93. The molecule has 0 spiro atoms. The molecule has 1 heterocycles. The lowest BCUT2D eigenvalue weighted by atomic mass is 10.1. The lowest BCUT2D eigenvalue weighted by molar-refractivity contribution is -0.385. The largest absolute Gasteiger partial charge is 0.326 e. The molecule has 9 heteroatoms. The summed E-state index contributed by atoms with van der Waals surface area (Å²) in [6.07, 6.45) is 2.43. The standard InChI is InChI=1S/C15H17N5O4/c1-10(8-19-9-14(7-16-19)20(23)24)15(22)18-13-5-3-12(4-6-13)17-11(2)21/h3-7,9-10H,8H2,1-2H3,(H,17,21)(H,18,22). The van der Waals surface area contributed by atoms with Gasteiger partial charge < -0.3 is 10.6 Å². The summed E-state index contributed by atoms with van der Waals surface area (Å²) in [5.41, 5.74) is 1.11. The second kappa shape index (κ2) is 7.36. The van der Waals surface area contributed by atoms with Gasteiger partial charge in [-0.25, -0.2) is 0 Å². The van der Waals surface area contributed by atoms with Crippen LogP contribution in [-0.4, -0.2) is 26.5 Å². The number of anilines is 2. The SMILES string of the molecule is CC(=O)Nc1ccc(NC(=O)C(C)Cn2cc([N+](=O)[O-])cn2)cc1. The third kappa shape index (κ3) is 4.63. The summed E-state index contributed by atoms with van der Waals surface area (Å²) >= 11 is 0. The normalized spacial score (nSPS) is 11.6. The number of hydrogen-bond donors (Lipinski definition) is 2. The van der Waals surface area contributed by atoms with E-state index in [0.717, 1.165) is 6.20 Å².